The molecule has 0 unspecified atom stereocenters. The van der Waals surface area contributed by atoms with Gasteiger partial charge in [-0.3, -0.25) is 4.79 Å². The fourth-order valence-corrected chi connectivity index (χ4v) is 3.53. The van der Waals surface area contributed by atoms with E-state index >= 15 is 0 Å². The number of anilines is 1. The third-order valence-corrected chi connectivity index (χ3v) is 5.50. The molecule has 0 bridgehead atoms. The maximum atomic E-state index is 13.9. The first-order valence-corrected chi connectivity index (χ1v) is 11.3. The number of amides is 1. The molecule has 0 fully saturated rings. The highest BCUT2D eigenvalue weighted by molar-refractivity contribution is 9.10. The Balaban J connectivity index is 1.86. The predicted octanol–water partition coefficient (Wildman–Crippen LogP) is 7.13. The average molecular weight is 563 g/mol. The van der Waals surface area contributed by atoms with Gasteiger partial charge >= 0.3 is 6.18 Å². The number of nitrogens with one attached hydrogen (secondary N) is 1. The van der Waals surface area contributed by atoms with E-state index in [4.69, 9.17) is 9.47 Å². The first-order valence-electron chi connectivity index (χ1n) is 10.5. The van der Waals surface area contributed by atoms with E-state index in [2.05, 4.69) is 21.2 Å². The van der Waals surface area contributed by atoms with Crippen molar-refractivity contribution in [2.24, 2.45) is 0 Å². The van der Waals surface area contributed by atoms with Crippen LogP contribution >= 0.6 is 15.9 Å². The molecule has 1 amide bonds. The van der Waals surface area contributed by atoms with Crippen LogP contribution in [0.4, 0.5) is 23.2 Å². The summed E-state index contributed by atoms with van der Waals surface area (Å²) in [4.78, 5) is 12.6. The van der Waals surface area contributed by atoms with Crippen LogP contribution in [-0.2, 0) is 17.6 Å². The molecular weight excluding hydrogens is 544 g/mol. The Morgan fingerprint density at radius 2 is 1.81 bits per heavy atom. The van der Waals surface area contributed by atoms with Crippen molar-refractivity contribution in [3.8, 4) is 17.6 Å². The zero-order chi connectivity index (χ0) is 26.3. The van der Waals surface area contributed by atoms with E-state index in [1.807, 2.05) is 0 Å². The molecule has 0 heterocycles. The van der Waals surface area contributed by atoms with Crippen molar-refractivity contribution < 1.29 is 31.8 Å². The predicted molar refractivity (Wildman–Crippen MR) is 130 cm³/mol. The van der Waals surface area contributed by atoms with Gasteiger partial charge in [0.05, 0.1) is 12.2 Å². The third-order valence-electron chi connectivity index (χ3n) is 4.82. The summed E-state index contributed by atoms with van der Waals surface area (Å²) in [7, 11) is 0. The summed E-state index contributed by atoms with van der Waals surface area (Å²) in [6, 6.07) is 15.1. The number of hydrogen-bond donors (Lipinski definition) is 1. The Morgan fingerprint density at radius 1 is 1.08 bits per heavy atom. The van der Waals surface area contributed by atoms with Crippen molar-refractivity contribution in [3.63, 3.8) is 0 Å². The molecule has 3 aromatic carbocycles. The molecule has 0 aliphatic rings. The molecule has 10 heteroatoms. The summed E-state index contributed by atoms with van der Waals surface area (Å²) in [5, 5.41) is 11.8. The number of rotatable bonds is 8. The zero-order valence-corrected chi connectivity index (χ0v) is 20.4. The van der Waals surface area contributed by atoms with Gasteiger partial charge in [-0.2, -0.15) is 18.4 Å². The SMILES string of the molecule is CCOc1cc(/C=C(/C#N)C(=O)Nc2cccc(C(F)(F)F)c2)c(Br)cc1OCc1ccccc1F. The van der Waals surface area contributed by atoms with Crippen LogP contribution in [0.3, 0.4) is 0 Å². The molecular formula is C26H19BrF4N2O3. The smallest absolute Gasteiger partial charge is 0.416 e. The maximum Gasteiger partial charge on any atom is 0.416 e. The average Bonchev–Trinajstić information content (AvgIpc) is 2.83. The molecule has 3 aromatic rings. The van der Waals surface area contributed by atoms with E-state index in [-0.39, 0.29) is 24.5 Å². The van der Waals surface area contributed by atoms with Gasteiger partial charge < -0.3 is 14.8 Å². The number of benzene rings is 3. The normalized spacial score (nSPS) is 11.5. The number of hydrogen-bond acceptors (Lipinski definition) is 4. The standard InChI is InChI=1S/C26H19BrF4N2O3/c1-2-35-23-11-17(21(27)13-24(23)36-15-16-6-3-4-9-22(16)28)10-18(14-32)25(34)33-20-8-5-7-19(12-20)26(29,30)31/h3-13H,2,15H2,1H3,(H,33,34)/b18-10-. The quantitative estimate of drug-likeness (QED) is 0.180. The summed E-state index contributed by atoms with van der Waals surface area (Å²) in [5.74, 6) is -0.712. The molecule has 0 aliphatic carbocycles. The first kappa shape index (κ1) is 26.8. The highest BCUT2D eigenvalue weighted by Crippen LogP contribution is 2.36. The lowest BCUT2D eigenvalue weighted by atomic mass is 10.1. The lowest BCUT2D eigenvalue weighted by Gasteiger charge is -2.14. The van der Waals surface area contributed by atoms with E-state index in [0.717, 1.165) is 18.2 Å². The third kappa shape index (κ3) is 6.86. The molecule has 0 saturated carbocycles. The van der Waals surface area contributed by atoms with Gasteiger partial charge in [-0.25, -0.2) is 4.39 Å². The van der Waals surface area contributed by atoms with E-state index in [0.29, 0.717) is 27.1 Å². The second-order valence-corrected chi connectivity index (χ2v) is 8.19. The highest BCUT2D eigenvalue weighted by atomic mass is 79.9. The number of halogens is 5. The van der Waals surface area contributed by atoms with Crippen LogP contribution in [0, 0.1) is 17.1 Å². The lowest BCUT2D eigenvalue weighted by Crippen LogP contribution is -2.14. The summed E-state index contributed by atoms with van der Waals surface area (Å²) < 4.78 is 64.5. The Kier molecular flexibility index (Phi) is 8.72. The van der Waals surface area contributed by atoms with E-state index in [1.165, 1.54) is 24.3 Å². The van der Waals surface area contributed by atoms with Crippen molar-refractivity contribution in [2.75, 3.05) is 11.9 Å². The Morgan fingerprint density at radius 3 is 2.47 bits per heavy atom. The Bertz CT molecular complexity index is 1330. The van der Waals surface area contributed by atoms with E-state index < -0.39 is 23.5 Å². The summed E-state index contributed by atoms with van der Waals surface area (Å²) in [6.07, 6.45) is -3.32. The Labute approximate surface area is 213 Å². The van der Waals surface area contributed by atoms with Crippen molar-refractivity contribution >= 4 is 33.6 Å². The monoisotopic (exact) mass is 562 g/mol. The molecule has 5 nitrogen and oxygen atoms in total. The van der Waals surface area contributed by atoms with Gasteiger partial charge in [0.1, 0.15) is 24.1 Å². The maximum absolute atomic E-state index is 13.9. The van der Waals surface area contributed by atoms with Crippen LogP contribution < -0.4 is 14.8 Å². The van der Waals surface area contributed by atoms with Gasteiger partial charge in [-0.1, -0.05) is 40.2 Å². The van der Waals surface area contributed by atoms with Crippen LogP contribution in [-0.4, -0.2) is 12.5 Å². The molecule has 0 atom stereocenters. The number of carbonyl (C=O) groups is 1. The van der Waals surface area contributed by atoms with Crippen molar-refractivity contribution in [3.05, 3.63) is 93.2 Å². The molecule has 186 valence electrons. The largest absolute Gasteiger partial charge is 0.490 e. The van der Waals surface area contributed by atoms with Gasteiger partial charge in [0, 0.05) is 15.7 Å². The highest BCUT2D eigenvalue weighted by Gasteiger charge is 2.30. The van der Waals surface area contributed by atoms with Crippen LogP contribution in [0.1, 0.15) is 23.6 Å². The number of alkyl halides is 3. The molecule has 3 rings (SSSR count). The first-order chi connectivity index (χ1) is 17.1. The number of nitrogens with zero attached hydrogens (tertiary/aromatic N) is 1. The van der Waals surface area contributed by atoms with Crippen LogP contribution in [0.2, 0.25) is 0 Å². The molecule has 0 spiro atoms. The molecule has 1 N–H and O–H groups in total. The van der Waals surface area contributed by atoms with Crippen molar-refractivity contribution in [1.82, 2.24) is 0 Å². The van der Waals surface area contributed by atoms with Crippen LogP contribution in [0.15, 0.2) is 70.7 Å². The van der Waals surface area contributed by atoms with Crippen LogP contribution in [0.5, 0.6) is 11.5 Å². The molecule has 0 saturated heterocycles. The minimum absolute atomic E-state index is 0.0583. The second-order valence-electron chi connectivity index (χ2n) is 7.34. The fraction of sp³-hybridized carbons (Fsp3) is 0.154. The van der Waals surface area contributed by atoms with Gasteiger partial charge in [-0.15, -0.1) is 0 Å². The summed E-state index contributed by atoms with van der Waals surface area (Å²) >= 11 is 3.36. The fourth-order valence-electron chi connectivity index (χ4n) is 3.09. The lowest BCUT2D eigenvalue weighted by molar-refractivity contribution is -0.137. The molecule has 36 heavy (non-hydrogen) atoms. The van der Waals surface area contributed by atoms with E-state index in [9.17, 15) is 27.6 Å². The zero-order valence-electron chi connectivity index (χ0n) is 18.8. The summed E-state index contributed by atoms with van der Waals surface area (Å²) in [6.45, 7) is 1.97. The van der Waals surface area contributed by atoms with E-state index in [1.54, 1.807) is 37.3 Å². The van der Waals surface area contributed by atoms with Gasteiger partial charge in [0.15, 0.2) is 11.5 Å². The Hall–Kier alpha value is -3.84. The van der Waals surface area contributed by atoms with Crippen LogP contribution in [0.25, 0.3) is 6.08 Å². The van der Waals surface area contributed by atoms with Crippen molar-refractivity contribution in [1.29, 1.82) is 5.26 Å². The molecule has 0 aromatic heterocycles. The van der Waals surface area contributed by atoms with Gasteiger partial charge in [0.2, 0.25) is 0 Å². The van der Waals surface area contributed by atoms with Crippen molar-refractivity contribution in [2.45, 2.75) is 19.7 Å². The van der Waals surface area contributed by atoms with Gasteiger partial charge in [-0.05, 0) is 55.0 Å². The minimum atomic E-state index is -4.58. The summed E-state index contributed by atoms with van der Waals surface area (Å²) in [5.41, 5.74) is -0.666. The number of carbonyl (C=O) groups excluding carboxylic acids is 1. The number of nitriles is 1. The molecule has 0 aliphatic heterocycles. The van der Waals surface area contributed by atoms with Gasteiger partial charge in [0.25, 0.3) is 5.91 Å². The second kappa shape index (κ2) is 11.7. The molecule has 0 radical (unpaired) electrons. The number of ether oxygens (including phenoxy) is 2. The minimum Gasteiger partial charge on any atom is -0.490 e. The topological polar surface area (TPSA) is 71.3 Å².